The van der Waals surface area contributed by atoms with Gasteiger partial charge in [-0.3, -0.25) is 4.79 Å². The Morgan fingerprint density at radius 2 is 2.05 bits per heavy atom. The number of aromatic amines is 1. The fraction of sp³-hybridized carbons (Fsp3) is 0.444. The van der Waals surface area contributed by atoms with E-state index in [1.165, 1.54) is 11.3 Å². The van der Waals surface area contributed by atoms with Crippen LogP contribution < -0.4 is 10.2 Å². The number of anilines is 1. The van der Waals surface area contributed by atoms with Gasteiger partial charge in [0.2, 0.25) is 5.95 Å². The number of fused-ring (bicyclic) bond motifs is 1. The number of likely N-dealkylation sites (N-methyl/N-ethyl adjacent to an activating group) is 1. The molecule has 1 fully saturated rings. The predicted octanol–water partition coefficient (Wildman–Crippen LogP) is 4.15. The third-order valence-corrected chi connectivity index (χ3v) is 8.32. The van der Waals surface area contributed by atoms with Gasteiger partial charge >= 0.3 is 0 Å². The first kappa shape index (κ1) is 25.3. The molecule has 1 saturated heterocycles. The summed E-state index contributed by atoms with van der Waals surface area (Å²) in [5.41, 5.74) is 5.39. The molecule has 3 aromatic heterocycles. The van der Waals surface area contributed by atoms with Crippen molar-refractivity contribution < 1.29 is 4.79 Å². The number of carbonyl (C=O) groups excluding carboxylic acids is 1. The molecule has 1 aliphatic rings. The van der Waals surface area contributed by atoms with Crippen molar-refractivity contribution in [3.63, 3.8) is 0 Å². The first-order chi connectivity index (χ1) is 17.6. The number of hydrogen-bond donors (Lipinski definition) is 2. The Balaban J connectivity index is 1.32. The number of imidazole rings is 1. The molecule has 1 aromatic carbocycles. The molecule has 4 aromatic rings. The quantitative estimate of drug-likeness (QED) is 0.395. The number of benzene rings is 1. The maximum Gasteiger partial charge on any atom is 0.263 e. The normalized spacial score (nSPS) is 16.2. The van der Waals surface area contributed by atoms with Crippen molar-refractivity contribution >= 4 is 34.4 Å². The number of hydrogen-bond acceptors (Lipinski definition) is 8. The molecule has 37 heavy (non-hydrogen) atoms. The monoisotopic (exact) mass is 518 g/mol. The highest BCUT2D eigenvalue weighted by Crippen LogP contribution is 2.29. The Morgan fingerprint density at radius 1 is 1.24 bits per heavy atom. The van der Waals surface area contributed by atoms with Gasteiger partial charge in [-0.15, -0.1) is 11.3 Å². The summed E-state index contributed by atoms with van der Waals surface area (Å²) in [5, 5.41) is 3.99. The second kappa shape index (κ2) is 9.83. The van der Waals surface area contributed by atoms with Gasteiger partial charge in [0.15, 0.2) is 5.65 Å². The zero-order valence-corrected chi connectivity index (χ0v) is 23.1. The van der Waals surface area contributed by atoms with Crippen molar-refractivity contribution in [3.05, 3.63) is 51.7 Å². The van der Waals surface area contributed by atoms with E-state index in [2.05, 4.69) is 82.9 Å². The number of H-pyrrole nitrogens is 1. The number of aromatic nitrogens is 5. The lowest BCUT2D eigenvalue weighted by molar-refractivity contribution is 0.0954. The molecule has 194 valence electrons. The van der Waals surface area contributed by atoms with Crippen LogP contribution in [0.2, 0.25) is 0 Å². The molecular formula is C27H34N8OS. The Hall–Kier alpha value is -3.37. The summed E-state index contributed by atoms with van der Waals surface area (Å²) in [4.78, 5) is 39.5. The van der Waals surface area contributed by atoms with Crippen molar-refractivity contribution in [1.29, 1.82) is 0 Å². The maximum absolute atomic E-state index is 12.7. The van der Waals surface area contributed by atoms with Gasteiger partial charge in [0.25, 0.3) is 5.91 Å². The second-order valence-corrected chi connectivity index (χ2v) is 12.0. The van der Waals surface area contributed by atoms with Gasteiger partial charge < -0.3 is 20.1 Å². The Kier molecular flexibility index (Phi) is 6.72. The fourth-order valence-corrected chi connectivity index (χ4v) is 5.46. The van der Waals surface area contributed by atoms with Crippen LogP contribution in [0.5, 0.6) is 0 Å². The van der Waals surface area contributed by atoms with Gasteiger partial charge in [-0.25, -0.2) is 15.0 Å². The molecule has 0 saturated carbocycles. The van der Waals surface area contributed by atoms with Gasteiger partial charge in [-0.2, -0.15) is 4.98 Å². The Labute approximate surface area is 221 Å². The standard InChI is InChI=1S/C27H34N8OS/c1-16-11-17(7-8-18(16)12-28-24(36)20-13-29-25(37-20)27(2,3)4)21-22-23(31-15-30-21)33-26(32-22)35-10-9-19(14-35)34(5)6/h7-8,11,13,15,19H,9-10,12,14H2,1-6H3,(H,28,36)(H,30,31,32,33). The van der Waals surface area contributed by atoms with Crippen molar-refractivity contribution in [1.82, 2.24) is 35.1 Å². The van der Waals surface area contributed by atoms with Gasteiger partial charge in [-0.05, 0) is 44.6 Å². The summed E-state index contributed by atoms with van der Waals surface area (Å²) in [7, 11) is 4.24. The van der Waals surface area contributed by atoms with Crippen LogP contribution in [0.3, 0.4) is 0 Å². The van der Waals surface area contributed by atoms with Gasteiger partial charge in [0, 0.05) is 36.7 Å². The summed E-state index contributed by atoms with van der Waals surface area (Å²) >= 11 is 1.45. The van der Waals surface area contributed by atoms with E-state index in [-0.39, 0.29) is 11.3 Å². The number of amides is 1. The van der Waals surface area contributed by atoms with Gasteiger partial charge in [0.1, 0.15) is 16.7 Å². The Morgan fingerprint density at radius 3 is 2.73 bits per heavy atom. The molecule has 1 aliphatic heterocycles. The fourth-order valence-electron chi connectivity index (χ4n) is 4.57. The highest BCUT2D eigenvalue weighted by molar-refractivity contribution is 7.13. The summed E-state index contributed by atoms with van der Waals surface area (Å²) in [6.45, 7) is 10.7. The van der Waals surface area contributed by atoms with Gasteiger partial charge in [0.05, 0.1) is 16.9 Å². The summed E-state index contributed by atoms with van der Waals surface area (Å²) in [6, 6.07) is 6.71. The molecule has 1 atom stereocenters. The molecule has 10 heteroatoms. The SMILES string of the molecule is Cc1cc(-c2ncnc3nc(N4CCC(N(C)C)C4)[nH]c23)ccc1CNC(=O)c1cnc(C(C)(C)C)s1. The number of nitrogens with one attached hydrogen (secondary N) is 2. The lowest BCUT2D eigenvalue weighted by Crippen LogP contribution is -2.31. The van der Waals surface area contributed by atoms with E-state index in [0.717, 1.165) is 58.4 Å². The average molecular weight is 519 g/mol. The van der Waals surface area contributed by atoms with E-state index in [4.69, 9.17) is 4.98 Å². The number of carbonyl (C=O) groups is 1. The first-order valence-corrected chi connectivity index (χ1v) is 13.4. The highest BCUT2D eigenvalue weighted by atomic mass is 32.1. The molecule has 2 N–H and O–H groups in total. The second-order valence-electron chi connectivity index (χ2n) is 10.9. The largest absolute Gasteiger partial charge is 0.347 e. The van der Waals surface area contributed by atoms with Crippen LogP contribution in [-0.4, -0.2) is 69.0 Å². The van der Waals surface area contributed by atoms with Gasteiger partial charge in [-0.1, -0.05) is 32.9 Å². The zero-order chi connectivity index (χ0) is 26.3. The number of nitrogens with zero attached hydrogens (tertiary/aromatic N) is 6. The predicted molar refractivity (Wildman–Crippen MR) is 148 cm³/mol. The Bertz CT molecular complexity index is 1430. The molecule has 0 aliphatic carbocycles. The lowest BCUT2D eigenvalue weighted by atomic mass is 9.98. The minimum absolute atomic E-state index is 0.0689. The molecule has 9 nitrogen and oxygen atoms in total. The van der Waals surface area contributed by atoms with E-state index in [1.54, 1.807) is 12.5 Å². The van der Waals surface area contributed by atoms with Crippen molar-refractivity contribution in [2.75, 3.05) is 32.1 Å². The molecule has 5 rings (SSSR count). The van der Waals surface area contributed by atoms with Crippen LogP contribution in [0.15, 0.2) is 30.7 Å². The van der Waals surface area contributed by atoms with Crippen LogP contribution in [-0.2, 0) is 12.0 Å². The number of aryl methyl sites for hydroxylation is 1. The third-order valence-electron chi connectivity index (χ3n) is 6.90. The number of rotatable bonds is 6. The average Bonchev–Trinajstić information content (AvgIpc) is 3.61. The van der Waals surface area contributed by atoms with E-state index >= 15 is 0 Å². The molecule has 4 heterocycles. The van der Waals surface area contributed by atoms with Crippen LogP contribution in [0.1, 0.15) is 53.0 Å². The minimum atomic E-state index is -0.0996. The van der Waals surface area contributed by atoms with Crippen LogP contribution in [0.4, 0.5) is 5.95 Å². The topological polar surface area (TPSA) is 103 Å². The lowest BCUT2D eigenvalue weighted by Gasteiger charge is -2.19. The molecule has 0 bridgehead atoms. The maximum atomic E-state index is 12.7. The highest BCUT2D eigenvalue weighted by Gasteiger charge is 2.27. The van der Waals surface area contributed by atoms with Crippen LogP contribution in [0.25, 0.3) is 22.4 Å². The molecule has 1 amide bonds. The molecule has 0 radical (unpaired) electrons. The number of thiazole rings is 1. The summed E-state index contributed by atoms with van der Waals surface area (Å²) in [5.74, 6) is 0.743. The molecular weight excluding hydrogens is 484 g/mol. The van der Waals surface area contributed by atoms with Crippen molar-refractivity contribution in [2.24, 2.45) is 0 Å². The summed E-state index contributed by atoms with van der Waals surface area (Å²) < 4.78 is 0. The first-order valence-electron chi connectivity index (χ1n) is 12.6. The van der Waals surface area contributed by atoms with Crippen molar-refractivity contribution in [2.45, 2.75) is 52.1 Å². The van der Waals surface area contributed by atoms with Crippen LogP contribution in [0, 0.1) is 6.92 Å². The third kappa shape index (κ3) is 5.21. The van der Waals surface area contributed by atoms with E-state index in [0.29, 0.717) is 23.1 Å². The smallest absolute Gasteiger partial charge is 0.263 e. The van der Waals surface area contributed by atoms with Crippen molar-refractivity contribution in [3.8, 4) is 11.3 Å². The van der Waals surface area contributed by atoms with E-state index in [1.807, 2.05) is 12.1 Å². The summed E-state index contributed by atoms with van der Waals surface area (Å²) in [6.07, 6.45) is 4.35. The molecule has 0 spiro atoms. The molecule has 1 unspecified atom stereocenters. The minimum Gasteiger partial charge on any atom is -0.347 e. The zero-order valence-electron chi connectivity index (χ0n) is 22.3. The van der Waals surface area contributed by atoms with E-state index < -0.39 is 0 Å². The van der Waals surface area contributed by atoms with Crippen LogP contribution >= 0.6 is 11.3 Å². The van der Waals surface area contributed by atoms with E-state index in [9.17, 15) is 4.79 Å².